The van der Waals surface area contributed by atoms with Gasteiger partial charge in [-0.1, -0.05) is 6.07 Å². The molecular weight excluding hydrogens is 374 g/mol. The van der Waals surface area contributed by atoms with Crippen molar-refractivity contribution < 1.29 is 13.2 Å². The van der Waals surface area contributed by atoms with Crippen molar-refractivity contribution in [2.75, 3.05) is 17.6 Å². The molecule has 134 valence electrons. The summed E-state index contributed by atoms with van der Waals surface area (Å²) in [6.07, 6.45) is 6.58. The smallest absolute Gasteiger partial charge is 0.260 e. The van der Waals surface area contributed by atoms with Gasteiger partial charge >= 0.3 is 0 Å². The number of carbonyl (C=O) groups excluding carboxylic acids is 1. The van der Waals surface area contributed by atoms with Crippen LogP contribution in [0.25, 0.3) is 0 Å². The van der Waals surface area contributed by atoms with Crippen LogP contribution in [0, 0.1) is 0 Å². The normalized spacial score (nSPS) is 18.1. The summed E-state index contributed by atoms with van der Waals surface area (Å²) in [6.45, 7) is 0.819. The number of amidine groups is 1. The molecule has 4 rings (SSSR count). The number of nitrogens with one attached hydrogen (secondary N) is 1. The number of aromatic nitrogens is 2. The average Bonchev–Trinajstić information content (AvgIpc) is 3.26. The molecule has 2 aromatic rings. The van der Waals surface area contributed by atoms with Gasteiger partial charge in [0.15, 0.2) is 5.84 Å². The molecule has 2 aliphatic rings. The zero-order valence-electron chi connectivity index (χ0n) is 13.6. The fourth-order valence-corrected chi connectivity index (χ4v) is 4.36. The first kappa shape index (κ1) is 16.7. The van der Waals surface area contributed by atoms with Crippen LogP contribution in [-0.4, -0.2) is 47.1 Å². The highest BCUT2D eigenvalue weighted by Crippen LogP contribution is 2.20. The predicted molar refractivity (Wildman–Crippen MR) is 99.4 cm³/mol. The SMILES string of the molecule is O=C(Nc1ccnn1Cc1cccs1)C1=CC=CN2CCS(=O)(=O)N=C12. The lowest BCUT2D eigenvalue weighted by atomic mass is 10.1. The first-order valence-electron chi connectivity index (χ1n) is 7.85. The molecule has 0 unspecified atom stereocenters. The molecule has 1 amide bonds. The number of amides is 1. The summed E-state index contributed by atoms with van der Waals surface area (Å²) in [7, 11) is -3.55. The van der Waals surface area contributed by atoms with Gasteiger partial charge in [-0.2, -0.15) is 5.10 Å². The lowest BCUT2D eigenvalue weighted by Crippen LogP contribution is -2.41. The van der Waals surface area contributed by atoms with Crippen molar-refractivity contribution in [3.63, 3.8) is 0 Å². The number of fused-ring (bicyclic) bond motifs is 1. The minimum atomic E-state index is -3.55. The van der Waals surface area contributed by atoms with Gasteiger partial charge in [-0.25, -0.2) is 13.1 Å². The Morgan fingerprint density at radius 3 is 3.04 bits per heavy atom. The second kappa shape index (κ2) is 6.54. The highest BCUT2D eigenvalue weighted by molar-refractivity contribution is 7.90. The van der Waals surface area contributed by atoms with Gasteiger partial charge in [0, 0.05) is 23.7 Å². The van der Waals surface area contributed by atoms with Gasteiger partial charge in [0.2, 0.25) is 0 Å². The summed E-state index contributed by atoms with van der Waals surface area (Å²) >= 11 is 1.60. The summed E-state index contributed by atoms with van der Waals surface area (Å²) < 4.78 is 29.1. The van der Waals surface area contributed by atoms with E-state index >= 15 is 0 Å². The maximum Gasteiger partial charge on any atom is 0.260 e. The number of hydrogen-bond donors (Lipinski definition) is 1. The van der Waals surface area contributed by atoms with Crippen LogP contribution < -0.4 is 5.32 Å². The van der Waals surface area contributed by atoms with E-state index in [0.717, 1.165) is 4.88 Å². The van der Waals surface area contributed by atoms with Gasteiger partial charge in [0.1, 0.15) is 5.82 Å². The standard InChI is InChI=1S/C16H15N5O3S2/c22-16(13-4-1-7-20-8-10-26(23,24)19-15(13)20)18-14-5-6-17-21(14)11-12-3-2-9-25-12/h1-7,9H,8,10-11H2,(H,18,22). The number of hydrogen-bond acceptors (Lipinski definition) is 6. The maximum absolute atomic E-state index is 12.7. The first-order chi connectivity index (χ1) is 12.5. The van der Waals surface area contributed by atoms with Crippen LogP contribution in [0.15, 0.2) is 58.1 Å². The maximum atomic E-state index is 12.7. The highest BCUT2D eigenvalue weighted by atomic mass is 32.2. The number of thiophene rings is 1. The average molecular weight is 389 g/mol. The Balaban J connectivity index is 1.57. The molecular formula is C16H15N5O3S2. The number of anilines is 1. The monoisotopic (exact) mass is 389 g/mol. The van der Waals surface area contributed by atoms with Gasteiger partial charge in [-0.3, -0.25) is 4.79 Å². The summed E-state index contributed by atoms with van der Waals surface area (Å²) in [5.41, 5.74) is 0.208. The number of carbonyl (C=O) groups is 1. The number of allylic oxidation sites excluding steroid dienone is 2. The molecule has 0 bridgehead atoms. The van der Waals surface area contributed by atoms with E-state index < -0.39 is 15.9 Å². The second-order valence-electron chi connectivity index (χ2n) is 5.72. The van der Waals surface area contributed by atoms with E-state index in [0.29, 0.717) is 12.4 Å². The lowest BCUT2D eigenvalue weighted by Gasteiger charge is -2.28. The molecule has 8 nitrogen and oxygen atoms in total. The minimum Gasteiger partial charge on any atom is -0.331 e. The predicted octanol–water partition coefficient (Wildman–Crippen LogP) is 1.43. The third-order valence-electron chi connectivity index (χ3n) is 3.95. The molecule has 2 aromatic heterocycles. The quantitative estimate of drug-likeness (QED) is 0.853. The van der Waals surface area contributed by atoms with Gasteiger partial charge in [-0.15, -0.1) is 15.7 Å². The Morgan fingerprint density at radius 2 is 2.23 bits per heavy atom. The van der Waals surface area contributed by atoms with Crippen molar-refractivity contribution in [1.82, 2.24) is 14.7 Å². The van der Waals surface area contributed by atoms with Crippen molar-refractivity contribution in [2.24, 2.45) is 4.40 Å². The van der Waals surface area contributed by atoms with Gasteiger partial charge < -0.3 is 10.2 Å². The molecule has 0 aliphatic carbocycles. The number of nitrogens with zero attached hydrogens (tertiary/aromatic N) is 4. The van der Waals surface area contributed by atoms with E-state index in [1.54, 1.807) is 51.5 Å². The molecule has 0 fully saturated rings. The van der Waals surface area contributed by atoms with Gasteiger partial charge in [0.25, 0.3) is 15.9 Å². The summed E-state index contributed by atoms with van der Waals surface area (Å²) in [5, 5.41) is 9.01. The first-order valence-corrected chi connectivity index (χ1v) is 10.3. The van der Waals surface area contributed by atoms with E-state index in [9.17, 15) is 13.2 Å². The third-order valence-corrected chi connectivity index (χ3v) is 5.96. The summed E-state index contributed by atoms with van der Waals surface area (Å²) in [4.78, 5) is 15.5. The van der Waals surface area contributed by atoms with Gasteiger partial charge in [0.05, 0.1) is 24.1 Å². The molecule has 10 heteroatoms. The van der Waals surface area contributed by atoms with Crippen molar-refractivity contribution in [3.8, 4) is 0 Å². The highest BCUT2D eigenvalue weighted by Gasteiger charge is 2.30. The molecule has 2 aliphatic heterocycles. The Labute approximate surface area is 154 Å². The Bertz CT molecular complexity index is 1030. The van der Waals surface area contributed by atoms with Gasteiger partial charge in [-0.05, 0) is 23.6 Å². The van der Waals surface area contributed by atoms with Crippen LogP contribution in [-0.2, 0) is 21.4 Å². The van der Waals surface area contributed by atoms with Crippen LogP contribution >= 0.6 is 11.3 Å². The van der Waals surface area contributed by atoms with E-state index in [2.05, 4.69) is 14.8 Å². The zero-order chi connectivity index (χ0) is 18.1. The van der Waals surface area contributed by atoms with Crippen LogP contribution in [0.3, 0.4) is 0 Å². The van der Waals surface area contributed by atoms with E-state index in [4.69, 9.17) is 0 Å². The van der Waals surface area contributed by atoms with Crippen molar-refractivity contribution in [1.29, 1.82) is 0 Å². The fourth-order valence-electron chi connectivity index (χ4n) is 2.69. The largest absolute Gasteiger partial charge is 0.331 e. The molecule has 26 heavy (non-hydrogen) atoms. The Kier molecular flexibility index (Phi) is 4.21. The van der Waals surface area contributed by atoms with Crippen molar-refractivity contribution >= 4 is 38.9 Å². The zero-order valence-corrected chi connectivity index (χ0v) is 15.2. The fraction of sp³-hybridized carbons (Fsp3) is 0.188. The van der Waals surface area contributed by atoms with Crippen molar-refractivity contribution in [2.45, 2.75) is 6.54 Å². The number of rotatable bonds is 4. The van der Waals surface area contributed by atoms with E-state index in [1.165, 1.54) is 0 Å². The minimum absolute atomic E-state index is 0.0661. The second-order valence-corrected chi connectivity index (χ2v) is 8.51. The van der Waals surface area contributed by atoms with E-state index in [1.807, 2.05) is 17.5 Å². The van der Waals surface area contributed by atoms with Crippen LogP contribution in [0.4, 0.5) is 5.82 Å². The Hall–Kier alpha value is -2.72. The van der Waals surface area contributed by atoms with Crippen LogP contribution in [0.1, 0.15) is 4.88 Å². The molecule has 4 heterocycles. The summed E-state index contributed by atoms with van der Waals surface area (Å²) in [5.74, 6) is 0.192. The van der Waals surface area contributed by atoms with Crippen LogP contribution in [0.5, 0.6) is 0 Å². The van der Waals surface area contributed by atoms with Crippen molar-refractivity contribution in [3.05, 3.63) is 58.6 Å². The molecule has 0 spiro atoms. The Morgan fingerprint density at radius 1 is 1.35 bits per heavy atom. The molecule has 0 saturated carbocycles. The molecule has 0 aromatic carbocycles. The van der Waals surface area contributed by atoms with E-state index in [-0.39, 0.29) is 23.7 Å². The number of sulfonamides is 1. The third kappa shape index (κ3) is 3.33. The molecule has 0 saturated heterocycles. The molecule has 0 radical (unpaired) electrons. The topological polar surface area (TPSA) is 96.7 Å². The molecule has 1 N–H and O–H groups in total. The molecule has 0 atom stereocenters. The summed E-state index contributed by atoms with van der Waals surface area (Å²) in [6, 6.07) is 5.64. The lowest BCUT2D eigenvalue weighted by molar-refractivity contribution is -0.112. The van der Waals surface area contributed by atoms with Crippen LogP contribution in [0.2, 0.25) is 0 Å².